The standard InChI is InChI=1S/C8H11N3/c1-4-9-8-5-7(2)6-10-11(8)3/h4-6H,1H2,2-3H3. The minimum Gasteiger partial charge on any atom is -0.251 e. The molecule has 1 aromatic heterocycles. The van der Waals surface area contributed by atoms with E-state index in [1.165, 1.54) is 6.20 Å². The molecule has 0 aliphatic carbocycles. The summed E-state index contributed by atoms with van der Waals surface area (Å²) in [5, 5.41) is 4.07. The summed E-state index contributed by atoms with van der Waals surface area (Å²) in [5.41, 5.74) is 1.92. The number of rotatable bonds is 1. The van der Waals surface area contributed by atoms with E-state index in [2.05, 4.69) is 16.7 Å². The van der Waals surface area contributed by atoms with Gasteiger partial charge in [-0.2, -0.15) is 5.10 Å². The van der Waals surface area contributed by atoms with Gasteiger partial charge in [0.2, 0.25) is 0 Å². The fraction of sp³-hybridized carbons (Fsp3) is 0.250. The first kappa shape index (κ1) is 7.72. The fourth-order valence-corrected chi connectivity index (χ4v) is 0.785. The van der Waals surface area contributed by atoms with Crippen LogP contribution >= 0.6 is 0 Å². The van der Waals surface area contributed by atoms with E-state index in [0.717, 1.165) is 11.1 Å². The molecule has 1 heterocycles. The van der Waals surface area contributed by atoms with Gasteiger partial charge in [0.1, 0.15) is 5.49 Å². The molecule has 3 heteroatoms. The van der Waals surface area contributed by atoms with Crippen LogP contribution in [0.25, 0.3) is 0 Å². The molecule has 0 radical (unpaired) electrons. The summed E-state index contributed by atoms with van der Waals surface area (Å²) in [6.45, 7) is 5.50. The highest BCUT2D eigenvalue weighted by Gasteiger charge is 1.87. The van der Waals surface area contributed by atoms with E-state index in [0.29, 0.717) is 0 Å². The largest absolute Gasteiger partial charge is 0.251 e. The van der Waals surface area contributed by atoms with Crippen LogP contribution < -0.4 is 5.49 Å². The molecule has 0 spiro atoms. The first-order chi connectivity index (χ1) is 5.24. The van der Waals surface area contributed by atoms with Gasteiger partial charge in [0.25, 0.3) is 0 Å². The lowest BCUT2D eigenvalue weighted by molar-refractivity contribution is 0.688. The predicted octanol–water partition coefficient (Wildman–Crippen LogP) is 0.773. The van der Waals surface area contributed by atoms with Gasteiger partial charge in [-0.25, -0.2) is 4.99 Å². The van der Waals surface area contributed by atoms with Crippen molar-refractivity contribution in [2.75, 3.05) is 0 Å². The maximum Gasteiger partial charge on any atom is 0.148 e. The van der Waals surface area contributed by atoms with Crippen LogP contribution in [0, 0.1) is 6.92 Å². The fourth-order valence-electron chi connectivity index (χ4n) is 0.785. The van der Waals surface area contributed by atoms with Crippen molar-refractivity contribution in [3.63, 3.8) is 0 Å². The molecule has 0 bridgehead atoms. The van der Waals surface area contributed by atoms with Crippen LogP contribution in [0.5, 0.6) is 0 Å². The second-order valence-corrected chi connectivity index (χ2v) is 2.33. The average Bonchev–Trinajstić information content (AvgIpc) is 1.98. The third-order valence-electron chi connectivity index (χ3n) is 1.35. The maximum absolute atomic E-state index is 4.07. The molecule has 58 valence electrons. The predicted molar refractivity (Wildman–Crippen MR) is 43.7 cm³/mol. The molecule has 0 unspecified atom stereocenters. The Kier molecular flexibility index (Phi) is 2.21. The molecule has 0 aliphatic rings. The Morgan fingerprint density at radius 1 is 1.73 bits per heavy atom. The average molecular weight is 149 g/mol. The lowest BCUT2D eigenvalue weighted by Gasteiger charge is -1.97. The van der Waals surface area contributed by atoms with Gasteiger partial charge in [-0.1, -0.05) is 6.58 Å². The molecule has 0 aromatic carbocycles. The summed E-state index contributed by atoms with van der Waals surface area (Å²) in [7, 11) is 1.85. The van der Waals surface area contributed by atoms with Gasteiger partial charge in [0, 0.05) is 13.2 Å². The normalized spacial score (nSPS) is 11.6. The SMILES string of the molecule is C=CN=c1cc(C)cnn1C. The van der Waals surface area contributed by atoms with Crippen LogP contribution in [0.1, 0.15) is 5.56 Å². The minimum absolute atomic E-state index is 0.819. The third-order valence-corrected chi connectivity index (χ3v) is 1.35. The number of hydrogen-bond acceptors (Lipinski definition) is 2. The van der Waals surface area contributed by atoms with E-state index in [1.54, 1.807) is 10.9 Å². The van der Waals surface area contributed by atoms with Crippen LogP contribution in [-0.4, -0.2) is 9.78 Å². The number of hydrogen-bond donors (Lipinski definition) is 0. The first-order valence-electron chi connectivity index (χ1n) is 3.39. The topological polar surface area (TPSA) is 30.2 Å². The molecule has 0 saturated heterocycles. The van der Waals surface area contributed by atoms with Crippen LogP contribution in [0.2, 0.25) is 0 Å². The summed E-state index contributed by atoms with van der Waals surface area (Å²) >= 11 is 0. The Labute approximate surface area is 65.7 Å². The van der Waals surface area contributed by atoms with E-state index >= 15 is 0 Å². The molecule has 0 amide bonds. The van der Waals surface area contributed by atoms with Gasteiger partial charge < -0.3 is 0 Å². The van der Waals surface area contributed by atoms with E-state index in [1.807, 2.05) is 20.0 Å². The van der Waals surface area contributed by atoms with Crippen molar-refractivity contribution in [1.82, 2.24) is 9.78 Å². The first-order valence-corrected chi connectivity index (χ1v) is 3.39. The Bertz CT molecular complexity index is 322. The van der Waals surface area contributed by atoms with Crippen molar-refractivity contribution in [3.05, 3.63) is 36.1 Å². The van der Waals surface area contributed by atoms with E-state index < -0.39 is 0 Å². The molecule has 0 saturated carbocycles. The van der Waals surface area contributed by atoms with Crippen LogP contribution in [0.3, 0.4) is 0 Å². The highest BCUT2D eigenvalue weighted by Crippen LogP contribution is 1.84. The summed E-state index contributed by atoms with van der Waals surface area (Å²) < 4.78 is 1.70. The van der Waals surface area contributed by atoms with Gasteiger partial charge in [-0.05, 0) is 18.6 Å². The highest BCUT2D eigenvalue weighted by atomic mass is 15.3. The van der Waals surface area contributed by atoms with Crippen LogP contribution in [0.15, 0.2) is 30.0 Å². The van der Waals surface area contributed by atoms with Crippen molar-refractivity contribution >= 4 is 0 Å². The minimum atomic E-state index is 0.819. The quantitative estimate of drug-likeness (QED) is 0.580. The van der Waals surface area contributed by atoms with Gasteiger partial charge in [0.05, 0.1) is 6.20 Å². The Morgan fingerprint density at radius 3 is 3.09 bits per heavy atom. The van der Waals surface area contributed by atoms with Gasteiger partial charge in [-0.3, -0.25) is 4.68 Å². The van der Waals surface area contributed by atoms with Crippen molar-refractivity contribution in [2.24, 2.45) is 12.0 Å². The van der Waals surface area contributed by atoms with Crippen molar-refractivity contribution in [3.8, 4) is 0 Å². The molecular weight excluding hydrogens is 138 g/mol. The van der Waals surface area contributed by atoms with Gasteiger partial charge >= 0.3 is 0 Å². The van der Waals surface area contributed by atoms with Crippen LogP contribution in [-0.2, 0) is 7.05 Å². The second-order valence-electron chi connectivity index (χ2n) is 2.33. The molecule has 0 aliphatic heterocycles. The lowest BCUT2D eigenvalue weighted by atomic mass is 10.3. The zero-order chi connectivity index (χ0) is 8.27. The highest BCUT2D eigenvalue weighted by molar-refractivity contribution is 5.02. The second kappa shape index (κ2) is 3.14. The van der Waals surface area contributed by atoms with Gasteiger partial charge in [-0.15, -0.1) is 0 Å². The zero-order valence-electron chi connectivity index (χ0n) is 6.78. The monoisotopic (exact) mass is 149 g/mol. The Hall–Kier alpha value is -1.38. The lowest BCUT2D eigenvalue weighted by Crippen LogP contribution is -2.19. The summed E-state index contributed by atoms with van der Waals surface area (Å²) in [6.07, 6.45) is 3.30. The van der Waals surface area contributed by atoms with Crippen molar-refractivity contribution < 1.29 is 0 Å². The Balaban J connectivity index is 3.34. The summed E-state index contributed by atoms with van der Waals surface area (Å²) in [5.74, 6) is 0. The smallest absolute Gasteiger partial charge is 0.148 e. The number of nitrogens with zero attached hydrogens (tertiary/aromatic N) is 3. The number of aryl methyl sites for hydroxylation is 2. The molecule has 0 fully saturated rings. The van der Waals surface area contributed by atoms with E-state index in [-0.39, 0.29) is 0 Å². The molecule has 1 aromatic rings. The summed E-state index contributed by atoms with van der Waals surface area (Å²) in [6, 6.07) is 1.95. The Morgan fingerprint density at radius 2 is 2.45 bits per heavy atom. The molecule has 0 atom stereocenters. The molecule has 11 heavy (non-hydrogen) atoms. The van der Waals surface area contributed by atoms with Crippen molar-refractivity contribution in [2.45, 2.75) is 6.92 Å². The maximum atomic E-state index is 4.07. The molecule has 1 rings (SSSR count). The van der Waals surface area contributed by atoms with Crippen LogP contribution in [0.4, 0.5) is 0 Å². The van der Waals surface area contributed by atoms with Crippen molar-refractivity contribution in [1.29, 1.82) is 0 Å². The third kappa shape index (κ3) is 1.77. The zero-order valence-corrected chi connectivity index (χ0v) is 6.78. The molecule has 0 N–H and O–H groups in total. The van der Waals surface area contributed by atoms with E-state index in [4.69, 9.17) is 0 Å². The number of aromatic nitrogens is 2. The summed E-state index contributed by atoms with van der Waals surface area (Å²) in [4.78, 5) is 4.03. The van der Waals surface area contributed by atoms with Gasteiger partial charge in [0.15, 0.2) is 0 Å². The molecular formula is C8H11N3. The van der Waals surface area contributed by atoms with E-state index in [9.17, 15) is 0 Å². The molecule has 3 nitrogen and oxygen atoms in total.